The van der Waals surface area contributed by atoms with Crippen LogP contribution in [-0.2, 0) is 0 Å². The Labute approximate surface area is 96.7 Å². The van der Waals surface area contributed by atoms with E-state index in [-0.39, 0.29) is 17.4 Å². The van der Waals surface area contributed by atoms with E-state index in [2.05, 4.69) is 18.8 Å². The van der Waals surface area contributed by atoms with Crippen molar-refractivity contribution in [1.29, 1.82) is 0 Å². The Balaban J connectivity index is 2.12. The molecule has 0 spiro atoms. The molecule has 0 aliphatic heterocycles. The molecule has 0 amide bonds. The van der Waals surface area contributed by atoms with Crippen molar-refractivity contribution in [2.24, 2.45) is 17.1 Å². The molecule has 1 aromatic heterocycles. The molecule has 3 atom stereocenters. The minimum Gasteiger partial charge on any atom is -0.392 e. The fraction of sp³-hybridized carbons (Fsp3) is 0.615. The number of aliphatic hydroxyl groups excluding tert-OH is 1. The first-order valence-corrected chi connectivity index (χ1v) is 5.84. The number of pyridine rings is 1. The summed E-state index contributed by atoms with van der Waals surface area (Å²) >= 11 is 0. The number of hydrogen-bond acceptors (Lipinski definition) is 3. The normalized spacial score (nSPS) is 26.1. The average molecular weight is 220 g/mol. The summed E-state index contributed by atoms with van der Waals surface area (Å²) in [5.41, 5.74) is 7.09. The van der Waals surface area contributed by atoms with Crippen LogP contribution in [0.25, 0.3) is 0 Å². The Morgan fingerprint density at radius 2 is 2.31 bits per heavy atom. The molecule has 1 aliphatic rings. The number of aromatic nitrogens is 1. The van der Waals surface area contributed by atoms with Crippen LogP contribution in [0.3, 0.4) is 0 Å². The van der Waals surface area contributed by atoms with E-state index < -0.39 is 0 Å². The van der Waals surface area contributed by atoms with Gasteiger partial charge < -0.3 is 10.8 Å². The summed E-state index contributed by atoms with van der Waals surface area (Å²) in [6.45, 7) is 4.86. The number of aliphatic hydroxyl groups is 1. The SMILES string of the molecule is CC1(C)CC1C(O)C(CN)c1cccnc1. The quantitative estimate of drug-likeness (QED) is 0.809. The van der Waals surface area contributed by atoms with Crippen molar-refractivity contribution < 1.29 is 5.11 Å². The van der Waals surface area contributed by atoms with Crippen molar-refractivity contribution in [1.82, 2.24) is 4.98 Å². The van der Waals surface area contributed by atoms with Crippen molar-refractivity contribution in [2.45, 2.75) is 32.3 Å². The standard InChI is InChI=1S/C13H20N2O/c1-13(2)6-11(13)12(16)10(7-14)9-4-3-5-15-8-9/h3-5,8,10-12,16H,6-7,14H2,1-2H3. The highest BCUT2D eigenvalue weighted by atomic mass is 16.3. The van der Waals surface area contributed by atoms with Gasteiger partial charge in [-0.3, -0.25) is 4.98 Å². The zero-order valence-corrected chi connectivity index (χ0v) is 9.93. The second-order valence-electron chi connectivity index (χ2n) is 5.42. The van der Waals surface area contributed by atoms with Gasteiger partial charge in [-0.1, -0.05) is 19.9 Å². The van der Waals surface area contributed by atoms with Gasteiger partial charge in [-0.25, -0.2) is 0 Å². The molecule has 16 heavy (non-hydrogen) atoms. The molecular formula is C13H20N2O. The maximum atomic E-state index is 10.3. The molecule has 3 N–H and O–H groups in total. The van der Waals surface area contributed by atoms with Gasteiger partial charge >= 0.3 is 0 Å². The number of nitrogens with two attached hydrogens (primary N) is 1. The van der Waals surface area contributed by atoms with Crippen molar-refractivity contribution in [3.05, 3.63) is 30.1 Å². The predicted molar refractivity (Wildman–Crippen MR) is 63.9 cm³/mol. The van der Waals surface area contributed by atoms with Crippen LogP contribution in [0.1, 0.15) is 31.7 Å². The van der Waals surface area contributed by atoms with Crippen molar-refractivity contribution in [3.63, 3.8) is 0 Å². The first kappa shape index (κ1) is 11.6. The van der Waals surface area contributed by atoms with Crippen LogP contribution in [0.5, 0.6) is 0 Å². The zero-order valence-electron chi connectivity index (χ0n) is 9.93. The molecule has 3 nitrogen and oxygen atoms in total. The molecular weight excluding hydrogens is 200 g/mol. The van der Waals surface area contributed by atoms with Gasteiger partial charge in [0.05, 0.1) is 6.10 Å². The topological polar surface area (TPSA) is 59.1 Å². The maximum Gasteiger partial charge on any atom is 0.0654 e. The van der Waals surface area contributed by atoms with E-state index in [1.165, 1.54) is 0 Å². The van der Waals surface area contributed by atoms with E-state index in [1.807, 2.05) is 12.1 Å². The average Bonchev–Trinajstić information content (AvgIpc) is 2.90. The number of hydrogen-bond donors (Lipinski definition) is 2. The maximum absolute atomic E-state index is 10.3. The number of rotatable bonds is 4. The minimum absolute atomic E-state index is 0.0143. The Morgan fingerprint density at radius 1 is 1.62 bits per heavy atom. The third-order valence-electron chi connectivity index (χ3n) is 3.78. The third kappa shape index (κ3) is 2.11. The van der Waals surface area contributed by atoms with Crippen LogP contribution >= 0.6 is 0 Å². The summed E-state index contributed by atoms with van der Waals surface area (Å²) < 4.78 is 0. The second-order valence-corrected chi connectivity index (χ2v) is 5.42. The van der Waals surface area contributed by atoms with Crippen molar-refractivity contribution >= 4 is 0 Å². The summed E-state index contributed by atoms with van der Waals surface area (Å²) in [5, 5.41) is 10.3. The van der Waals surface area contributed by atoms with Crippen LogP contribution < -0.4 is 5.73 Å². The molecule has 2 rings (SSSR count). The van der Waals surface area contributed by atoms with E-state index in [1.54, 1.807) is 12.4 Å². The first-order chi connectivity index (χ1) is 7.56. The molecule has 1 aromatic rings. The molecule has 0 aromatic carbocycles. The molecule has 0 saturated heterocycles. The van der Waals surface area contributed by atoms with Gasteiger partial charge in [0.1, 0.15) is 0 Å². The van der Waals surface area contributed by atoms with E-state index in [9.17, 15) is 5.11 Å². The molecule has 1 heterocycles. The first-order valence-electron chi connectivity index (χ1n) is 5.84. The molecule has 0 bridgehead atoms. The van der Waals surface area contributed by atoms with Gasteiger partial charge in [0.2, 0.25) is 0 Å². The van der Waals surface area contributed by atoms with Gasteiger partial charge in [-0.2, -0.15) is 0 Å². The lowest BCUT2D eigenvalue weighted by Gasteiger charge is -2.22. The fourth-order valence-electron chi connectivity index (χ4n) is 2.44. The third-order valence-corrected chi connectivity index (χ3v) is 3.78. The highest BCUT2D eigenvalue weighted by Gasteiger charge is 2.51. The highest BCUT2D eigenvalue weighted by molar-refractivity contribution is 5.19. The smallest absolute Gasteiger partial charge is 0.0654 e. The Kier molecular flexibility index (Phi) is 3.00. The molecule has 0 radical (unpaired) electrons. The van der Waals surface area contributed by atoms with Crippen molar-refractivity contribution in [3.8, 4) is 0 Å². The minimum atomic E-state index is -0.343. The molecule has 88 valence electrons. The van der Waals surface area contributed by atoms with Gasteiger partial charge in [-0.05, 0) is 29.4 Å². The summed E-state index contributed by atoms with van der Waals surface area (Å²) in [4.78, 5) is 4.09. The molecule has 1 fully saturated rings. The molecule has 3 heteroatoms. The van der Waals surface area contributed by atoms with E-state index in [0.29, 0.717) is 12.5 Å². The Hall–Kier alpha value is -0.930. The summed E-state index contributed by atoms with van der Waals surface area (Å²) in [6, 6.07) is 3.88. The Morgan fingerprint density at radius 3 is 2.75 bits per heavy atom. The zero-order chi connectivity index (χ0) is 11.8. The lowest BCUT2D eigenvalue weighted by molar-refractivity contribution is 0.109. The second kappa shape index (κ2) is 4.15. The van der Waals surface area contributed by atoms with E-state index in [0.717, 1.165) is 12.0 Å². The largest absolute Gasteiger partial charge is 0.392 e. The molecule has 3 unspecified atom stereocenters. The summed E-state index contributed by atoms with van der Waals surface area (Å²) in [7, 11) is 0. The van der Waals surface area contributed by atoms with Gasteiger partial charge in [-0.15, -0.1) is 0 Å². The van der Waals surface area contributed by atoms with Crippen LogP contribution in [0.15, 0.2) is 24.5 Å². The fourth-order valence-corrected chi connectivity index (χ4v) is 2.44. The van der Waals surface area contributed by atoms with Crippen molar-refractivity contribution in [2.75, 3.05) is 6.54 Å². The van der Waals surface area contributed by atoms with Crippen LogP contribution in [0.4, 0.5) is 0 Å². The summed E-state index contributed by atoms with van der Waals surface area (Å²) in [5.74, 6) is 0.390. The van der Waals surface area contributed by atoms with Crippen LogP contribution in [0.2, 0.25) is 0 Å². The lowest BCUT2D eigenvalue weighted by Crippen LogP contribution is -2.29. The predicted octanol–water partition coefficient (Wildman–Crippen LogP) is 1.53. The van der Waals surface area contributed by atoms with E-state index in [4.69, 9.17) is 5.73 Å². The van der Waals surface area contributed by atoms with Gasteiger partial charge in [0.15, 0.2) is 0 Å². The number of nitrogens with zero attached hydrogens (tertiary/aromatic N) is 1. The molecule has 1 saturated carbocycles. The Bertz CT molecular complexity index is 350. The lowest BCUT2D eigenvalue weighted by atomic mass is 9.89. The monoisotopic (exact) mass is 220 g/mol. The van der Waals surface area contributed by atoms with E-state index >= 15 is 0 Å². The van der Waals surface area contributed by atoms with Gasteiger partial charge in [0.25, 0.3) is 0 Å². The molecule has 1 aliphatic carbocycles. The van der Waals surface area contributed by atoms with Crippen LogP contribution in [0, 0.1) is 11.3 Å². The summed E-state index contributed by atoms with van der Waals surface area (Å²) in [6.07, 6.45) is 4.29. The van der Waals surface area contributed by atoms with Gasteiger partial charge in [0, 0.05) is 24.9 Å². The van der Waals surface area contributed by atoms with Crippen LogP contribution in [-0.4, -0.2) is 22.7 Å². The highest BCUT2D eigenvalue weighted by Crippen LogP contribution is 2.55.